The Balaban J connectivity index is 1.83. The van der Waals surface area contributed by atoms with E-state index in [2.05, 4.69) is 27.9 Å². The minimum atomic E-state index is 0.447. The molecule has 4 heteroatoms. The van der Waals surface area contributed by atoms with Crippen LogP contribution in [0.15, 0.2) is 30.7 Å². The Morgan fingerprint density at radius 2 is 2.19 bits per heavy atom. The van der Waals surface area contributed by atoms with E-state index in [1.165, 1.54) is 18.4 Å². The number of nitrogens with two attached hydrogens (primary N) is 1. The number of hydrogen-bond donors (Lipinski definition) is 1. The normalized spacial score (nSPS) is 19.0. The van der Waals surface area contributed by atoms with Gasteiger partial charge in [-0.05, 0) is 56.0 Å². The van der Waals surface area contributed by atoms with E-state index in [-0.39, 0.29) is 0 Å². The van der Waals surface area contributed by atoms with Gasteiger partial charge in [0.1, 0.15) is 0 Å². The van der Waals surface area contributed by atoms with Gasteiger partial charge in [-0.3, -0.25) is 14.9 Å². The minimum Gasteiger partial charge on any atom is -0.398 e. The Labute approximate surface area is 126 Å². The van der Waals surface area contributed by atoms with Crippen LogP contribution in [0, 0.1) is 13.8 Å². The van der Waals surface area contributed by atoms with Gasteiger partial charge in [0.2, 0.25) is 0 Å². The van der Waals surface area contributed by atoms with Gasteiger partial charge in [0.25, 0.3) is 0 Å². The van der Waals surface area contributed by atoms with E-state index >= 15 is 0 Å². The summed E-state index contributed by atoms with van der Waals surface area (Å²) in [5, 5.41) is 0. The lowest BCUT2D eigenvalue weighted by molar-refractivity contribution is 0.244. The Bertz CT molecular complexity index is 624. The molecule has 0 bridgehead atoms. The molecule has 1 aliphatic heterocycles. The lowest BCUT2D eigenvalue weighted by Crippen LogP contribution is -2.24. The molecule has 3 heterocycles. The molecule has 21 heavy (non-hydrogen) atoms. The van der Waals surface area contributed by atoms with Crippen LogP contribution in [0.4, 0.5) is 5.69 Å². The highest BCUT2D eigenvalue weighted by Crippen LogP contribution is 2.33. The summed E-state index contributed by atoms with van der Waals surface area (Å²) in [6, 6.07) is 4.63. The van der Waals surface area contributed by atoms with Crippen LogP contribution in [0.3, 0.4) is 0 Å². The first kappa shape index (κ1) is 14.0. The molecule has 1 fully saturated rings. The number of hydrogen-bond acceptors (Lipinski definition) is 4. The third-order valence-corrected chi connectivity index (χ3v) is 4.46. The number of aryl methyl sites for hydroxylation is 1. The van der Waals surface area contributed by atoms with E-state index in [1.807, 2.05) is 31.6 Å². The number of anilines is 1. The molecule has 110 valence electrons. The molecule has 1 unspecified atom stereocenters. The Hall–Kier alpha value is -1.94. The molecule has 0 aliphatic carbocycles. The zero-order valence-electron chi connectivity index (χ0n) is 12.7. The summed E-state index contributed by atoms with van der Waals surface area (Å²) in [7, 11) is 0. The summed E-state index contributed by atoms with van der Waals surface area (Å²) in [5.74, 6) is 0. The van der Waals surface area contributed by atoms with Crippen molar-refractivity contribution in [3.8, 4) is 0 Å². The quantitative estimate of drug-likeness (QED) is 0.940. The number of aromatic nitrogens is 2. The van der Waals surface area contributed by atoms with Crippen molar-refractivity contribution in [2.75, 3.05) is 12.3 Å². The largest absolute Gasteiger partial charge is 0.398 e. The molecular formula is C17H22N4. The van der Waals surface area contributed by atoms with Crippen molar-refractivity contribution in [2.24, 2.45) is 0 Å². The van der Waals surface area contributed by atoms with Gasteiger partial charge < -0.3 is 5.73 Å². The van der Waals surface area contributed by atoms with E-state index in [4.69, 9.17) is 5.73 Å². The van der Waals surface area contributed by atoms with Crippen LogP contribution in [0.1, 0.15) is 41.3 Å². The molecule has 4 nitrogen and oxygen atoms in total. The smallest absolute Gasteiger partial charge is 0.0593 e. The SMILES string of the molecule is Cc1cnc(CN2CCCC2c2cccnc2)c(C)c1N. The first-order chi connectivity index (χ1) is 10.2. The standard InChI is InChI=1S/C17H22N4/c1-12-9-20-15(13(2)17(12)18)11-21-8-4-6-16(21)14-5-3-7-19-10-14/h3,5,7,9-10,16H,4,6,8,11H2,1-2H3,(H2,18,20). The topological polar surface area (TPSA) is 55.0 Å². The molecule has 3 rings (SSSR count). The lowest BCUT2D eigenvalue weighted by Gasteiger charge is -2.25. The molecular weight excluding hydrogens is 260 g/mol. The fourth-order valence-electron chi connectivity index (χ4n) is 3.11. The van der Waals surface area contributed by atoms with Crippen LogP contribution >= 0.6 is 0 Å². The lowest BCUT2D eigenvalue weighted by atomic mass is 10.1. The molecule has 0 radical (unpaired) electrons. The monoisotopic (exact) mass is 282 g/mol. The van der Waals surface area contributed by atoms with Crippen molar-refractivity contribution in [3.05, 3.63) is 53.1 Å². The van der Waals surface area contributed by atoms with Gasteiger partial charge in [0.15, 0.2) is 0 Å². The van der Waals surface area contributed by atoms with Crippen LogP contribution in [0.25, 0.3) is 0 Å². The molecule has 0 aromatic carbocycles. The second kappa shape index (κ2) is 5.82. The van der Waals surface area contributed by atoms with Crippen LogP contribution < -0.4 is 5.73 Å². The highest BCUT2D eigenvalue weighted by molar-refractivity contribution is 5.53. The van der Waals surface area contributed by atoms with Crippen molar-refractivity contribution in [3.63, 3.8) is 0 Å². The summed E-state index contributed by atoms with van der Waals surface area (Å²) < 4.78 is 0. The number of likely N-dealkylation sites (tertiary alicyclic amines) is 1. The summed E-state index contributed by atoms with van der Waals surface area (Å²) in [6.07, 6.45) is 8.10. The molecule has 2 N–H and O–H groups in total. The summed E-state index contributed by atoms with van der Waals surface area (Å²) >= 11 is 0. The summed E-state index contributed by atoms with van der Waals surface area (Å²) in [6.45, 7) is 6.04. The number of rotatable bonds is 3. The van der Waals surface area contributed by atoms with E-state index in [0.29, 0.717) is 6.04 Å². The molecule has 2 aromatic heterocycles. The molecule has 0 saturated carbocycles. The Morgan fingerprint density at radius 3 is 2.95 bits per heavy atom. The summed E-state index contributed by atoms with van der Waals surface area (Å²) in [5.41, 5.74) is 11.6. The predicted molar refractivity (Wildman–Crippen MR) is 84.7 cm³/mol. The zero-order chi connectivity index (χ0) is 14.8. The van der Waals surface area contributed by atoms with Crippen LogP contribution in [-0.4, -0.2) is 21.4 Å². The third-order valence-electron chi connectivity index (χ3n) is 4.46. The van der Waals surface area contributed by atoms with Gasteiger partial charge in [-0.25, -0.2) is 0 Å². The van der Waals surface area contributed by atoms with Gasteiger partial charge >= 0.3 is 0 Å². The zero-order valence-corrected chi connectivity index (χ0v) is 12.7. The van der Waals surface area contributed by atoms with Crippen molar-refractivity contribution in [1.82, 2.24) is 14.9 Å². The van der Waals surface area contributed by atoms with E-state index in [9.17, 15) is 0 Å². The molecule has 1 aliphatic rings. The highest BCUT2D eigenvalue weighted by atomic mass is 15.2. The fraction of sp³-hybridized carbons (Fsp3) is 0.412. The fourth-order valence-corrected chi connectivity index (χ4v) is 3.11. The van der Waals surface area contributed by atoms with Crippen molar-refractivity contribution >= 4 is 5.69 Å². The second-order valence-corrected chi connectivity index (χ2v) is 5.84. The van der Waals surface area contributed by atoms with Gasteiger partial charge in [0, 0.05) is 36.9 Å². The first-order valence-electron chi connectivity index (χ1n) is 7.51. The first-order valence-corrected chi connectivity index (χ1v) is 7.51. The van der Waals surface area contributed by atoms with Crippen molar-refractivity contribution in [2.45, 2.75) is 39.3 Å². The maximum Gasteiger partial charge on any atom is 0.0593 e. The second-order valence-electron chi connectivity index (χ2n) is 5.84. The molecule has 0 spiro atoms. The van der Waals surface area contributed by atoms with Crippen LogP contribution in [-0.2, 0) is 6.54 Å². The highest BCUT2D eigenvalue weighted by Gasteiger charge is 2.27. The molecule has 1 atom stereocenters. The number of nitrogen functional groups attached to an aromatic ring is 1. The van der Waals surface area contributed by atoms with E-state index in [0.717, 1.165) is 35.6 Å². The van der Waals surface area contributed by atoms with E-state index in [1.54, 1.807) is 0 Å². The Kier molecular flexibility index (Phi) is 3.88. The maximum atomic E-state index is 6.13. The molecule has 1 saturated heterocycles. The van der Waals surface area contributed by atoms with Gasteiger partial charge in [-0.1, -0.05) is 6.07 Å². The molecule has 0 amide bonds. The number of nitrogens with zero attached hydrogens (tertiary/aromatic N) is 3. The van der Waals surface area contributed by atoms with E-state index < -0.39 is 0 Å². The van der Waals surface area contributed by atoms with Crippen LogP contribution in [0.2, 0.25) is 0 Å². The summed E-state index contributed by atoms with van der Waals surface area (Å²) in [4.78, 5) is 11.3. The van der Waals surface area contributed by atoms with Gasteiger partial charge in [0.05, 0.1) is 5.69 Å². The number of pyridine rings is 2. The average molecular weight is 282 g/mol. The van der Waals surface area contributed by atoms with Crippen molar-refractivity contribution < 1.29 is 0 Å². The van der Waals surface area contributed by atoms with Crippen molar-refractivity contribution in [1.29, 1.82) is 0 Å². The van der Waals surface area contributed by atoms with Crippen LogP contribution in [0.5, 0.6) is 0 Å². The van der Waals surface area contributed by atoms with Gasteiger partial charge in [-0.2, -0.15) is 0 Å². The maximum absolute atomic E-state index is 6.13. The molecule has 2 aromatic rings. The van der Waals surface area contributed by atoms with Gasteiger partial charge in [-0.15, -0.1) is 0 Å². The predicted octanol–water partition coefficient (Wildman–Crippen LogP) is 3.01. The third kappa shape index (κ3) is 2.76. The minimum absolute atomic E-state index is 0.447. The average Bonchev–Trinajstić information content (AvgIpc) is 2.97. The Morgan fingerprint density at radius 1 is 1.33 bits per heavy atom.